The number of aliphatic hydroxyl groups excluding tert-OH is 1. The summed E-state index contributed by atoms with van der Waals surface area (Å²) in [5.74, 6) is 0.306. The molecule has 0 bridgehead atoms. The fourth-order valence-corrected chi connectivity index (χ4v) is 1.74. The molecule has 0 aliphatic carbocycles. The van der Waals surface area contributed by atoms with Crippen LogP contribution in [0.2, 0.25) is 0 Å². The number of aliphatic hydroxyl groups is 1. The minimum Gasteiger partial charge on any atom is -0.494 e. The van der Waals surface area contributed by atoms with E-state index in [0.29, 0.717) is 18.8 Å². The van der Waals surface area contributed by atoms with Gasteiger partial charge < -0.3 is 20.9 Å². The van der Waals surface area contributed by atoms with Crippen LogP contribution in [0.4, 0.5) is 0 Å². The fraction of sp³-hybridized carbons (Fsp3) is 0.500. The van der Waals surface area contributed by atoms with E-state index in [1.807, 2.05) is 32.0 Å². The van der Waals surface area contributed by atoms with E-state index in [4.69, 9.17) is 15.6 Å². The Balaban J connectivity index is 2.44. The van der Waals surface area contributed by atoms with Crippen molar-refractivity contribution >= 4 is 5.91 Å². The van der Waals surface area contributed by atoms with Crippen molar-refractivity contribution in [3.05, 3.63) is 29.8 Å². The number of benzene rings is 1. The van der Waals surface area contributed by atoms with Gasteiger partial charge in [0.1, 0.15) is 5.75 Å². The van der Waals surface area contributed by atoms with Crippen LogP contribution in [0.15, 0.2) is 24.3 Å². The molecule has 1 unspecified atom stereocenters. The number of carbonyl (C=O) groups excluding carboxylic acids is 1. The first-order valence-electron chi connectivity index (χ1n) is 6.41. The molecular formula is C14H22N2O3. The average Bonchev–Trinajstić information content (AvgIpc) is 2.37. The lowest BCUT2D eigenvalue weighted by molar-refractivity contribution is -0.120. The molecule has 1 aromatic carbocycles. The molecule has 0 spiro atoms. The van der Waals surface area contributed by atoms with Crippen molar-refractivity contribution in [2.45, 2.75) is 39.0 Å². The van der Waals surface area contributed by atoms with Gasteiger partial charge in [-0.2, -0.15) is 0 Å². The number of hydrogen-bond acceptors (Lipinski definition) is 4. The van der Waals surface area contributed by atoms with Crippen LogP contribution in [0.5, 0.6) is 5.75 Å². The van der Waals surface area contributed by atoms with Crippen molar-refractivity contribution in [2.75, 3.05) is 6.61 Å². The van der Waals surface area contributed by atoms with Crippen LogP contribution < -0.4 is 15.8 Å². The quantitative estimate of drug-likeness (QED) is 0.650. The summed E-state index contributed by atoms with van der Waals surface area (Å²) in [4.78, 5) is 11.2. The summed E-state index contributed by atoms with van der Waals surface area (Å²) >= 11 is 0. The fourth-order valence-electron chi connectivity index (χ4n) is 1.74. The third-order valence-corrected chi connectivity index (χ3v) is 2.63. The molecule has 0 heterocycles. The molecule has 0 saturated carbocycles. The monoisotopic (exact) mass is 266 g/mol. The van der Waals surface area contributed by atoms with Crippen LogP contribution in [0, 0.1) is 0 Å². The molecule has 0 saturated heterocycles. The molecule has 0 aromatic heterocycles. The van der Waals surface area contributed by atoms with E-state index in [1.165, 1.54) is 0 Å². The molecule has 19 heavy (non-hydrogen) atoms. The van der Waals surface area contributed by atoms with Crippen molar-refractivity contribution in [2.24, 2.45) is 5.73 Å². The number of primary amides is 1. The third kappa shape index (κ3) is 5.72. The Bertz CT molecular complexity index is 407. The summed E-state index contributed by atoms with van der Waals surface area (Å²) < 4.78 is 5.55. The van der Waals surface area contributed by atoms with Crippen LogP contribution >= 0.6 is 0 Å². The van der Waals surface area contributed by atoms with Crippen molar-refractivity contribution in [1.82, 2.24) is 5.32 Å². The zero-order valence-corrected chi connectivity index (χ0v) is 11.4. The van der Waals surface area contributed by atoms with E-state index in [-0.39, 0.29) is 24.6 Å². The minimum atomic E-state index is -0.388. The Morgan fingerprint density at radius 1 is 1.47 bits per heavy atom. The topological polar surface area (TPSA) is 84.6 Å². The normalized spacial score (nSPS) is 12.4. The maximum absolute atomic E-state index is 11.2. The molecule has 0 aliphatic heterocycles. The van der Waals surface area contributed by atoms with Crippen LogP contribution in [0.1, 0.15) is 25.8 Å². The standard InChI is InChI=1S/C14H22N2O3/c1-10(2)16-13(14(15)18)6-7-19-12-5-3-4-11(8-12)9-17/h3-5,8,10,13,16-17H,6-7,9H2,1-2H3,(H2,15,18). The predicted octanol–water partition coefficient (Wildman–Crippen LogP) is 0.800. The summed E-state index contributed by atoms with van der Waals surface area (Å²) in [6.45, 7) is 4.29. The van der Waals surface area contributed by atoms with E-state index >= 15 is 0 Å². The van der Waals surface area contributed by atoms with Gasteiger partial charge in [0.15, 0.2) is 0 Å². The van der Waals surface area contributed by atoms with Gasteiger partial charge in [-0.1, -0.05) is 26.0 Å². The Hall–Kier alpha value is -1.59. The van der Waals surface area contributed by atoms with E-state index in [0.717, 1.165) is 5.56 Å². The molecule has 1 atom stereocenters. The number of rotatable bonds is 8. The summed E-state index contributed by atoms with van der Waals surface area (Å²) in [5, 5.41) is 12.1. The van der Waals surface area contributed by atoms with Gasteiger partial charge in [-0.05, 0) is 17.7 Å². The molecule has 5 nitrogen and oxygen atoms in total. The van der Waals surface area contributed by atoms with Crippen LogP contribution in [-0.4, -0.2) is 29.7 Å². The average molecular weight is 266 g/mol. The highest BCUT2D eigenvalue weighted by Crippen LogP contribution is 2.13. The van der Waals surface area contributed by atoms with Gasteiger partial charge in [0.05, 0.1) is 19.3 Å². The molecule has 1 rings (SSSR count). The third-order valence-electron chi connectivity index (χ3n) is 2.63. The highest BCUT2D eigenvalue weighted by Gasteiger charge is 2.15. The Labute approximate surface area is 113 Å². The van der Waals surface area contributed by atoms with Gasteiger partial charge in [-0.3, -0.25) is 4.79 Å². The SMILES string of the molecule is CC(C)NC(CCOc1cccc(CO)c1)C(N)=O. The lowest BCUT2D eigenvalue weighted by atomic mass is 10.2. The number of amides is 1. The first-order chi connectivity index (χ1) is 9.02. The zero-order chi connectivity index (χ0) is 14.3. The number of hydrogen-bond donors (Lipinski definition) is 3. The van der Waals surface area contributed by atoms with Gasteiger partial charge in [0, 0.05) is 12.5 Å². The Kier molecular flexibility index (Phi) is 6.32. The number of ether oxygens (including phenoxy) is 1. The molecular weight excluding hydrogens is 244 g/mol. The second kappa shape index (κ2) is 7.76. The van der Waals surface area contributed by atoms with Gasteiger partial charge in [-0.15, -0.1) is 0 Å². The number of carbonyl (C=O) groups is 1. The summed E-state index contributed by atoms with van der Waals surface area (Å²) in [6, 6.07) is 7.03. The van der Waals surface area contributed by atoms with E-state index in [9.17, 15) is 4.79 Å². The van der Waals surface area contributed by atoms with Crippen molar-refractivity contribution in [3.63, 3.8) is 0 Å². The van der Waals surface area contributed by atoms with Gasteiger partial charge in [-0.25, -0.2) is 0 Å². The second-order valence-electron chi connectivity index (χ2n) is 4.72. The molecule has 1 aromatic rings. The zero-order valence-electron chi connectivity index (χ0n) is 11.4. The summed E-state index contributed by atoms with van der Waals surface area (Å²) in [7, 11) is 0. The molecule has 0 radical (unpaired) electrons. The largest absolute Gasteiger partial charge is 0.494 e. The predicted molar refractivity (Wildman–Crippen MR) is 73.7 cm³/mol. The molecule has 0 aliphatic rings. The van der Waals surface area contributed by atoms with Gasteiger partial charge in [0.2, 0.25) is 5.91 Å². The molecule has 5 heteroatoms. The van der Waals surface area contributed by atoms with Crippen molar-refractivity contribution in [3.8, 4) is 5.75 Å². The van der Waals surface area contributed by atoms with E-state index in [1.54, 1.807) is 6.07 Å². The van der Waals surface area contributed by atoms with Crippen LogP contribution in [0.25, 0.3) is 0 Å². The first kappa shape index (κ1) is 15.5. The number of nitrogens with one attached hydrogen (secondary N) is 1. The van der Waals surface area contributed by atoms with Gasteiger partial charge >= 0.3 is 0 Å². The molecule has 1 amide bonds. The second-order valence-corrected chi connectivity index (χ2v) is 4.72. The molecule has 4 N–H and O–H groups in total. The van der Waals surface area contributed by atoms with E-state index < -0.39 is 0 Å². The van der Waals surface area contributed by atoms with Crippen LogP contribution in [0.3, 0.4) is 0 Å². The van der Waals surface area contributed by atoms with E-state index in [2.05, 4.69) is 5.32 Å². The lowest BCUT2D eigenvalue weighted by Crippen LogP contribution is -2.45. The maximum Gasteiger partial charge on any atom is 0.234 e. The van der Waals surface area contributed by atoms with Crippen molar-refractivity contribution in [1.29, 1.82) is 0 Å². The smallest absolute Gasteiger partial charge is 0.234 e. The highest BCUT2D eigenvalue weighted by molar-refractivity contribution is 5.79. The molecule has 106 valence electrons. The minimum absolute atomic E-state index is 0.0178. The Morgan fingerprint density at radius 3 is 2.79 bits per heavy atom. The van der Waals surface area contributed by atoms with Crippen LogP contribution in [-0.2, 0) is 11.4 Å². The summed E-state index contributed by atoms with van der Waals surface area (Å²) in [5.41, 5.74) is 6.12. The summed E-state index contributed by atoms with van der Waals surface area (Å²) in [6.07, 6.45) is 0.511. The highest BCUT2D eigenvalue weighted by atomic mass is 16.5. The number of nitrogens with two attached hydrogens (primary N) is 1. The maximum atomic E-state index is 11.2. The molecule has 0 fully saturated rings. The Morgan fingerprint density at radius 2 is 2.21 bits per heavy atom. The van der Waals surface area contributed by atoms with Gasteiger partial charge in [0.25, 0.3) is 0 Å². The van der Waals surface area contributed by atoms with Crippen molar-refractivity contribution < 1.29 is 14.6 Å². The first-order valence-corrected chi connectivity index (χ1v) is 6.41. The lowest BCUT2D eigenvalue weighted by Gasteiger charge is -2.18.